The fraction of sp³-hybridized carbons (Fsp3) is 0.429. The Labute approximate surface area is 127 Å². The number of hydrogen-bond acceptors (Lipinski definition) is 6. The summed E-state index contributed by atoms with van der Waals surface area (Å²) in [5.41, 5.74) is 7.83. The van der Waals surface area contributed by atoms with E-state index in [1.807, 2.05) is 6.26 Å². The van der Waals surface area contributed by atoms with Crippen molar-refractivity contribution in [3.05, 3.63) is 24.1 Å². The van der Waals surface area contributed by atoms with E-state index in [2.05, 4.69) is 10.3 Å². The highest BCUT2D eigenvalue weighted by atomic mass is 32.2. The second-order valence-electron chi connectivity index (χ2n) is 4.60. The van der Waals surface area contributed by atoms with Crippen molar-refractivity contribution < 1.29 is 13.9 Å². The largest absolute Gasteiger partial charge is 0.438 e. The van der Waals surface area contributed by atoms with Gasteiger partial charge >= 0.3 is 0 Å². The quantitative estimate of drug-likeness (QED) is 0.813. The highest BCUT2D eigenvalue weighted by Crippen LogP contribution is 2.20. The van der Waals surface area contributed by atoms with E-state index in [-0.39, 0.29) is 5.91 Å². The number of ether oxygens (including phenoxy) is 1. The van der Waals surface area contributed by atoms with Crippen LogP contribution in [-0.4, -0.2) is 36.1 Å². The van der Waals surface area contributed by atoms with Crippen molar-refractivity contribution >= 4 is 34.5 Å². The molecule has 1 amide bonds. The van der Waals surface area contributed by atoms with Gasteiger partial charge in [-0.15, -0.1) is 0 Å². The molecule has 0 saturated carbocycles. The summed E-state index contributed by atoms with van der Waals surface area (Å²) in [7, 11) is 1.58. The highest BCUT2D eigenvalue weighted by molar-refractivity contribution is 7.98. The second-order valence-corrected chi connectivity index (χ2v) is 5.59. The zero-order chi connectivity index (χ0) is 15.2. The van der Waals surface area contributed by atoms with E-state index in [1.54, 1.807) is 37.1 Å². The number of rotatable bonds is 7. The molecule has 6 nitrogen and oxygen atoms in total. The Morgan fingerprint density at radius 3 is 3.10 bits per heavy atom. The van der Waals surface area contributed by atoms with Gasteiger partial charge in [-0.25, -0.2) is 4.98 Å². The summed E-state index contributed by atoms with van der Waals surface area (Å²) in [5, 5.41) is 2.80. The van der Waals surface area contributed by atoms with Crippen molar-refractivity contribution in [3.8, 4) is 0 Å². The SMILES string of the molecule is COCc1nc2cc(NC(=O)[C@@H](N)CCSC)ccc2o1. The van der Waals surface area contributed by atoms with E-state index in [1.165, 1.54) is 0 Å². The van der Waals surface area contributed by atoms with E-state index >= 15 is 0 Å². The first kappa shape index (κ1) is 15.8. The first-order valence-electron chi connectivity index (χ1n) is 6.58. The number of methoxy groups -OCH3 is 1. The van der Waals surface area contributed by atoms with E-state index in [9.17, 15) is 4.79 Å². The average molecular weight is 309 g/mol. The number of nitrogens with one attached hydrogen (secondary N) is 1. The molecular weight excluding hydrogens is 290 g/mol. The number of thioether (sulfide) groups is 1. The van der Waals surface area contributed by atoms with Crippen LogP contribution < -0.4 is 11.1 Å². The maximum atomic E-state index is 12.0. The molecule has 21 heavy (non-hydrogen) atoms. The third-order valence-corrected chi connectivity index (χ3v) is 3.58. The minimum atomic E-state index is -0.505. The number of nitrogens with zero attached hydrogens (tertiary/aromatic N) is 1. The van der Waals surface area contributed by atoms with Crippen LogP contribution in [0.1, 0.15) is 12.3 Å². The topological polar surface area (TPSA) is 90.4 Å². The van der Waals surface area contributed by atoms with Gasteiger partial charge in [-0.3, -0.25) is 4.79 Å². The first-order valence-corrected chi connectivity index (χ1v) is 7.97. The molecule has 0 aliphatic carbocycles. The van der Waals surface area contributed by atoms with Crippen LogP contribution in [0.3, 0.4) is 0 Å². The van der Waals surface area contributed by atoms with Crippen LogP contribution in [0.4, 0.5) is 5.69 Å². The third kappa shape index (κ3) is 4.20. The van der Waals surface area contributed by atoms with Crippen molar-refractivity contribution in [2.45, 2.75) is 19.1 Å². The summed E-state index contributed by atoms with van der Waals surface area (Å²) in [4.78, 5) is 16.2. The minimum absolute atomic E-state index is 0.191. The van der Waals surface area contributed by atoms with Gasteiger partial charge in [-0.1, -0.05) is 0 Å². The molecule has 0 saturated heterocycles. The van der Waals surface area contributed by atoms with Crippen LogP contribution in [0.15, 0.2) is 22.6 Å². The van der Waals surface area contributed by atoms with Gasteiger partial charge in [0.05, 0.1) is 6.04 Å². The van der Waals surface area contributed by atoms with E-state index in [4.69, 9.17) is 14.9 Å². The minimum Gasteiger partial charge on any atom is -0.438 e. The molecule has 0 aliphatic rings. The number of fused-ring (bicyclic) bond motifs is 1. The maximum absolute atomic E-state index is 12.0. The number of carbonyl (C=O) groups excluding carboxylic acids is 1. The van der Waals surface area contributed by atoms with Crippen LogP contribution in [-0.2, 0) is 16.1 Å². The normalized spacial score (nSPS) is 12.5. The Hall–Kier alpha value is -1.57. The molecule has 0 spiro atoms. The van der Waals surface area contributed by atoms with Gasteiger partial charge in [0.1, 0.15) is 12.1 Å². The highest BCUT2D eigenvalue weighted by Gasteiger charge is 2.14. The summed E-state index contributed by atoms with van der Waals surface area (Å²) >= 11 is 1.67. The Morgan fingerprint density at radius 2 is 2.38 bits per heavy atom. The molecule has 1 atom stereocenters. The molecular formula is C14H19N3O3S. The lowest BCUT2D eigenvalue weighted by Crippen LogP contribution is -2.36. The number of anilines is 1. The Morgan fingerprint density at radius 1 is 1.57 bits per heavy atom. The maximum Gasteiger partial charge on any atom is 0.241 e. The van der Waals surface area contributed by atoms with Gasteiger partial charge < -0.3 is 20.2 Å². The summed E-state index contributed by atoms with van der Waals surface area (Å²) < 4.78 is 10.5. The van der Waals surface area contributed by atoms with Gasteiger partial charge in [0.2, 0.25) is 11.8 Å². The number of hydrogen-bond donors (Lipinski definition) is 2. The Balaban J connectivity index is 2.06. The predicted octanol–water partition coefficient (Wildman–Crippen LogP) is 1.99. The zero-order valence-corrected chi connectivity index (χ0v) is 12.9. The molecule has 2 rings (SSSR count). The number of oxazole rings is 1. The molecule has 114 valence electrons. The smallest absolute Gasteiger partial charge is 0.241 e. The van der Waals surface area contributed by atoms with E-state index < -0.39 is 6.04 Å². The van der Waals surface area contributed by atoms with Crippen LogP contribution in [0, 0.1) is 0 Å². The standard InChI is InChI=1S/C14H19N3O3S/c1-19-8-13-17-11-7-9(3-4-12(11)20-13)16-14(18)10(15)5-6-21-2/h3-4,7,10H,5-6,8,15H2,1-2H3,(H,16,18)/t10-/m0/s1. The molecule has 1 aromatic carbocycles. The first-order chi connectivity index (χ1) is 10.1. The molecule has 2 aromatic rings. The van der Waals surface area contributed by atoms with Crippen LogP contribution in [0.2, 0.25) is 0 Å². The fourth-order valence-corrected chi connectivity index (χ4v) is 2.34. The van der Waals surface area contributed by atoms with Crippen LogP contribution in [0.25, 0.3) is 11.1 Å². The summed E-state index contributed by atoms with van der Waals surface area (Å²) in [5.74, 6) is 1.17. The van der Waals surface area contributed by atoms with E-state index in [0.717, 1.165) is 5.75 Å². The number of benzene rings is 1. The lowest BCUT2D eigenvalue weighted by Gasteiger charge is -2.11. The van der Waals surface area contributed by atoms with Crippen LogP contribution in [0.5, 0.6) is 0 Å². The molecule has 0 unspecified atom stereocenters. The molecule has 0 bridgehead atoms. The van der Waals surface area contributed by atoms with Crippen molar-refractivity contribution in [1.29, 1.82) is 0 Å². The monoisotopic (exact) mass is 309 g/mol. The van der Waals surface area contributed by atoms with Gasteiger partial charge in [-0.2, -0.15) is 11.8 Å². The molecule has 1 heterocycles. The summed E-state index contributed by atoms with van der Waals surface area (Å²) in [6.45, 7) is 0.315. The van der Waals surface area contributed by atoms with Gasteiger partial charge in [0.25, 0.3) is 0 Å². The van der Waals surface area contributed by atoms with Gasteiger partial charge in [0.15, 0.2) is 5.58 Å². The summed E-state index contributed by atoms with van der Waals surface area (Å²) in [6, 6.07) is 4.79. The van der Waals surface area contributed by atoms with Crippen LogP contribution >= 0.6 is 11.8 Å². The zero-order valence-electron chi connectivity index (χ0n) is 12.1. The number of carbonyl (C=O) groups is 1. The van der Waals surface area contributed by atoms with Crippen molar-refractivity contribution in [2.24, 2.45) is 5.73 Å². The van der Waals surface area contributed by atoms with Crippen molar-refractivity contribution in [1.82, 2.24) is 4.98 Å². The lowest BCUT2D eigenvalue weighted by atomic mass is 10.2. The molecule has 1 aromatic heterocycles. The number of nitrogens with two attached hydrogens (primary N) is 1. The van der Waals surface area contributed by atoms with Gasteiger partial charge in [-0.05, 0) is 36.6 Å². The van der Waals surface area contributed by atoms with Crippen molar-refractivity contribution in [2.75, 3.05) is 24.4 Å². The lowest BCUT2D eigenvalue weighted by molar-refractivity contribution is -0.117. The number of amides is 1. The average Bonchev–Trinajstić information content (AvgIpc) is 2.86. The summed E-state index contributed by atoms with van der Waals surface area (Å²) in [6.07, 6.45) is 2.64. The van der Waals surface area contributed by atoms with Crippen molar-refractivity contribution in [3.63, 3.8) is 0 Å². The Kier molecular flexibility index (Phi) is 5.60. The third-order valence-electron chi connectivity index (χ3n) is 2.94. The van der Waals surface area contributed by atoms with E-state index in [0.29, 0.717) is 35.7 Å². The molecule has 3 N–H and O–H groups in total. The molecule has 0 fully saturated rings. The molecule has 0 aliphatic heterocycles. The molecule has 7 heteroatoms. The van der Waals surface area contributed by atoms with Gasteiger partial charge in [0, 0.05) is 12.8 Å². The number of aromatic nitrogens is 1. The second kappa shape index (κ2) is 7.44. The fourth-order valence-electron chi connectivity index (χ4n) is 1.85. The molecule has 0 radical (unpaired) electrons. The predicted molar refractivity (Wildman–Crippen MR) is 84.3 cm³/mol. The Bertz CT molecular complexity index is 615.